The Labute approximate surface area is 287 Å². The van der Waals surface area contributed by atoms with Crippen molar-refractivity contribution in [2.75, 3.05) is 24.9 Å². The first-order valence-electron chi connectivity index (χ1n) is 15.1. The molecule has 3 amide bonds. The van der Waals surface area contributed by atoms with Crippen LogP contribution in [0.25, 0.3) is 17.3 Å². The largest absolute Gasteiger partial charge is 0.497 e. The van der Waals surface area contributed by atoms with Crippen LogP contribution in [-0.2, 0) is 9.59 Å². The van der Waals surface area contributed by atoms with Crippen molar-refractivity contribution in [3.8, 4) is 22.8 Å². The normalized spacial score (nSPS) is 11.7. The Balaban J connectivity index is 1.29. The zero-order chi connectivity index (χ0) is 33.9. The standard InChI is InChI=1S/C37H34N4O5S2/c1-4-33(36(44)41-37-40-31(23-47-37)25-15-10-17-28(20-25)45-2)48-29-18-11-16-27(22-29)38-35(43)30(21-26-14-8-9-19-32(26)46-3)39-34(42)24-12-6-5-7-13-24/h5-23,33H,4H2,1-3H3,(H,38,43)(H,39,42)(H,40,41,44)/b30-21+. The Hall–Kier alpha value is -5.39. The summed E-state index contributed by atoms with van der Waals surface area (Å²) in [5.41, 5.74) is 3.21. The highest BCUT2D eigenvalue weighted by Crippen LogP contribution is 2.31. The molecule has 0 saturated heterocycles. The predicted molar refractivity (Wildman–Crippen MR) is 193 cm³/mol. The maximum absolute atomic E-state index is 13.6. The molecule has 0 fully saturated rings. The van der Waals surface area contributed by atoms with Gasteiger partial charge in [-0.05, 0) is 61.0 Å². The molecule has 0 aliphatic heterocycles. The van der Waals surface area contributed by atoms with Crippen molar-refractivity contribution in [2.45, 2.75) is 23.5 Å². The van der Waals surface area contributed by atoms with Crippen LogP contribution in [0.2, 0.25) is 0 Å². The molecule has 5 aromatic rings. The lowest BCUT2D eigenvalue weighted by atomic mass is 10.1. The second-order valence-corrected chi connectivity index (χ2v) is 12.5. The molecule has 48 heavy (non-hydrogen) atoms. The summed E-state index contributed by atoms with van der Waals surface area (Å²) in [4.78, 5) is 45.3. The number of methoxy groups -OCH3 is 2. The molecule has 1 atom stereocenters. The summed E-state index contributed by atoms with van der Waals surface area (Å²) in [6, 6.07) is 30.7. The van der Waals surface area contributed by atoms with E-state index in [1.807, 2.05) is 60.8 Å². The summed E-state index contributed by atoms with van der Waals surface area (Å²) in [7, 11) is 3.15. The minimum absolute atomic E-state index is 0.0361. The SMILES string of the molecule is CCC(Sc1cccc(NC(=O)/C(=C\c2ccccc2OC)NC(=O)c2ccccc2)c1)C(=O)Nc1nc(-c2cccc(OC)c2)cs1. The molecule has 0 spiro atoms. The van der Waals surface area contributed by atoms with Gasteiger partial charge in [-0.15, -0.1) is 23.1 Å². The quantitative estimate of drug-likeness (QED) is 0.0861. The molecule has 1 aromatic heterocycles. The van der Waals surface area contributed by atoms with Crippen molar-refractivity contribution >= 4 is 57.7 Å². The maximum Gasteiger partial charge on any atom is 0.272 e. The van der Waals surface area contributed by atoms with Crippen LogP contribution in [0.3, 0.4) is 0 Å². The summed E-state index contributed by atoms with van der Waals surface area (Å²) in [6.07, 6.45) is 2.14. The van der Waals surface area contributed by atoms with E-state index >= 15 is 0 Å². The van der Waals surface area contributed by atoms with E-state index in [0.717, 1.165) is 21.9 Å². The highest BCUT2D eigenvalue weighted by molar-refractivity contribution is 8.00. The number of nitrogens with zero attached hydrogens (tertiary/aromatic N) is 1. The Bertz CT molecular complexity index is 1930. The van der Waals surface area contributed by atoms with Gasteiger partial charge >= 0.3 is 0 Å². The third-order valence-corrected chi connectivity index (χ3v) is 9.22. The number of carbonyl (C=O) groups excluding carboxylic acids is 3. The topological polar surface area (TPSA) is 119 Å². The fourth-order valence-electron chi connectivity index (χ4n) is 4.65. The smallest absolute Gasteiger partial charge is 0.272 e. The van der Waals surface area contributed by atoms with Gasteiger partial charge in [0.15, 0.2) is 5.13 Å². The maximum atomic E-state index is 13.6. The van der Waals surface area contributed by atoms with Gasteiger partial charge in [0.1, 0.15) is 17.2 Å². The number of hydrogen-bond acceptors (Lipinski definition) is 8. The van der Waals surface area contributed by atoms with Gasteiger partial charge in [0, 0.05) is 32.7 Å². The molecule has 0 aliphatic carbocycles. The monoisotopic (exact) mass is 678 g/mol. The fourth-order valence-corrected chi connectivity index (χ4v) is 6.38. The van der Waals surface area contributed by atoms with Gasteiger partial charge in [-0.2, -0.15) is 0 Å². The number of benzene rings is 4. The summed E-state index contributed by atoms with van der Waals surface area (Å²) in [6.45, 7) is 1.94. The Kier molecular flexibility index (Phi) is 11.6. The molecule has 0 radical (unpaired) electrons. The molecule has 244 valence electrons. The molecule has 4 aromatic carbocycles. The van der Waals surface area contributed by atoms with E-state index in [-0.39, 0.29) is 11.6 Å². The number of nitrogens with one attached hydrogen (secondary N) is 3. The lowest BCUT2D eigenvalue weighted by Crippen LogP contribution is -2.30. The highest BCUT2D eigenvalue weighted by atomic mass is 32.2. The molecular weight excluding hydrogens is 645 g/mol. The number of thioether (sulfide) groups is 1. The van der Waals surface area contributed by atoms with Crippen LogP contribution >= 0.6 is 23.1 Å². The summed E-state index contributed by atoms with van der Waals surface area (Å²) >= 11 is 2.74. The van der Waals surface area contributed by atoms with E-state index in [9.17, 15) is 14.4 Å². The first kappa shape index (κ1) is 34.0. The molecule has 0 aliphatic rings. The zero-order valence-electron chi connectivity index (χ0n) is 26.6. The zero-order valence-corrected chi connectivity index (χ0v) is 28.2. The van der Waals surface area contributed by atoms with E-state index < -0.39 is 17.1 Å². The first-order valence-corrected chi connectivity index (χ1v) is 16.8. The molecule has 1 unspecified atom stereocenters. The van der Waals surface area contributed by atoms with Crippen LogP contribution in [0, 0.1) is 0 Å². The second-order valence-electron chi connectivity index (χ2n) is 10.4. The average molecular weight is 679 g/mol. The van der Waals surface area contributed by atoms with Crippen LogP contribution in [0.1, 0.15) is 29.3 Å². The predicted octanol–water partition coefficient (Wildman–Crippen LogP) is 7.75. The number of anilines is 2. The number of para-hydroxylation sites is 1. The van der Waals surface area contributed by atoms with E-state index in [0.29, 0.717) is 34.1 Å². The van der Waals surface area contributed by atoms with E-state index in [4.69, 9.17) is 9.47 Å². The van der Waals surface area contributed by atoms with Gasteiger partial charge in [0.05, 0.1) is 25.2 Å². The van der Waals surface area contributed by atoms with Crippen LogP contribution in [0.4, 0.5) is 10.8 Å². The number of thiazole rings is 1. The van der Waals surface area contributed by atoms with Crippen molar-refractivity contribution in [3.63, 3.8) is 0 Å². The highest BCUT2D eigenvalue weighted by Gasteiger charge is 2.21. The van der Waals surface area contributed by atoms with Gasteiger partial charge in [-0.3, -0.25) is 14.4 Å². The first-order chi connectivity index (χ1) is 23.4. The van der Waals surface area contributed by atoms with E-state index in [1.165, 1.54) is 23.1 Å². The molecule has 1 heterocycles. The Morgan fingerprint density at radius 2 is 1.65 bits per heavy atom. The lowest BCUT2D eigenvalue weighted by molar-refractivity contribution is -0.116. The van der Waals surface area contributed by atoms with Crippen molar-refractivity contribution in [3.05, 3.63) is 125 Å². The lowest BCUT2D eigenvalue weighted by Gasteiger charge is -2.15. The van der Waals surface area contributed by atoms with Gasteiger partial charge in [0.25, 0.3) is 11.8 Å². The van der Waals surface area contributed by atoms with Crippen molar-refractivity contribution in [1.82, 2.24) is 10.3 Å². The summed E-state index contributed by atoms with van der Waals surface area (Å²) in [5, 5.41) is 10.6. The number of rotatable bonds is 13. The minimum Gasteiger partial charge on any atom is -0.497 e. The summed E-state index contributed by atoms with van der Waals surface area (Å²) < 4.78 is 10.8. The Morgan fingerprint density at radius 3 is 2.42 bits per heavy atom. The average Bonchev–Trinajstić information content (AvgIpc) is 3.59. The molecule has 0 bridgehead atoms. The second kappa shape index (κ2) is 16.4. The molecule has 0 saturated carbocycles. The van der Waals surface area contributed by atoms with Gasteiger partial charge in [-0.1, -0.05) is 61.5 Å². The fraction of sp³-hybridized carbons (Fsp3) is 0.135. The molecule has 5 rings (SSSR count). The molecule has 11 heteroatoms. The number of aromatic nitrogens is 1. The van der Waals surface area contributed by atoms with Crippen LogP contribution in [0.5, 0.6) is 11.5 Å². The van der Waals surface area contributed by atoms with E-state index in [2.05, 4.69) is 20.9 Å². The number of ether oxygens (including phenoxy) is 2. The van der Waals surface area contributed by atoms with Crippen LogP contribution in [-0.4, -0.2) is 42.2 Å². The van der Waals surface area contributed by atoms with Gasteiger partial charge in [0.2, 0.25) is 5.91 Å². The van der Waals surface area contributed by atoms with Gasteiger partial charge in [-0.25, -0.2) is 4.98 Å². The van der Waals surface area contributed by atoms with Gasteiger partial charge < -0.3 is 25.4 Å². The summed E-state index contributed by atoms with van der Waals surface area (Å²) in [5.74, 6) is 0.159. The third-order valence-electron chi connectivity index (χ3n) is 7.10. The number of carbonyl (C=O) groups is 3. The van der Waals surface area contributed by atoms with Crippen LogP contribution in [0.15, 0.2) is 119 Å². The molecule has 9 nitrogen and oxygen atoms in total. The molecule has 3 N–H and O–H groups in total. The van der Waals surface area contributed by atoms with Crippen molar-refractivity contribution < 1.29 is 23.9 Å². The molecular formula is C37H34N4O5S2. The third kappa shape index (κ3) is 8.90. The number of hydrogen-bond donors (Lipinski definition) is 3. The van der Waals surface area contributed by atoms with Crippen molar-refractivity contribution in [2.24, 2.45) is 0 Å². The Morgan fingerprint density at radius 1 is 0.875 bits per heavy atom. The number of amides is 3. The van der Waals surface area contributed by atoms with E-state index in [1.54, 1.807) is 74.9 Å². The minimum atomic E-state index is -0.521. The van der Waals surface area contributed by atoms with Crippen molar-refractivity contribution in [1.29, 1.82) is 0 Å². The van der Waals surface area contributed by atoms with Crippen LogP contribution < -0.4 is 25.4 Å².